The van der Waals surface area contributed by atoms with Gasteiger partial charge in [0.05, 0.1) is 11.0 Å². The molecule has 0 fully saturated rings. The van der Waals surface area contributed by atoms with Gasteiger partial charge in [-0.15, -0.1) is 0 Å². The van der Waals surface area contributed by atoms with E-state index in [0.717, 1.165) is 20.5 Å². The van der Waals surface area contributed by atoms with E-state index in [1.165, 1.54) is 5.56 Å². The van der Waals surface area contributed by atoms with Crippen LogP contribution in [0.15, 0.2) is 45.5 Å². The highest BCUT2D eigenvalue weighted by Gasteiger charge is 2.01. The number of aromatic nitrogens is 1. The molecule has 1 aromatic heterocycles. The minimum atomic E-state index is 0.591. The maximum Gasteiger partial charge on any atom is 0.140 e. The molecule has 0 aliphatic heterocycles. The van der Waals surface area contributed by atoms with Gasteiger partial charge in [0.25, 0.3) is 0 Å². The number of hydrogen-bond donors (Lipinski definition) is 1. The van der Waals surface area contributed by atoms with Crippen molar-refractivity contribution in [3.05, 3.63) is 51.0 Å². The summed E-state index contributed by atoms with van der Waals surface area (Å²) in [5.41, 5.74) is 1.20. The van der Waals surface area contributed by atoms with Crippen LogP contribution in [0.5, 0.6) is 5.75 Å². The number of ether oxygens (including phenoxy) is 1. The van der Waals surface area contributed by atoms with Gasteiger partial charge in [-0.2, -0.15) is 0 Å². The molecular formula is C14H14Br2N2O. The third-order valence-electron chi connectivity index (χ3n) is 2.46. The Morgan fingerprint density at radius 2 is 2.11 bits per heavy atom. The van der Waals surface area contributed by atoms with Crippen LogP contribution in [0.3, 0.4) is 0 Å². The van der Waals surface area contributed by atoms with Gasteiger partial charge < -0.3 is 10.1 Å². The molecule has 0 radical (unpaired) electrons. The molecular weight excluding hydrogens is 372 g/mol. The zero-order valence-electron chi connectivity index (χ0n) is 10.5. The molecule has 0 saturated carbocycles. The number of halogens is 2. The van der Waals surface area contributed by atoms with Crippen molar-refractivity contribution in [3.8, 4) is 5.75 Å². The van der Waals surface area contributed by atoms with Crippen LogP contribution in [0.25, 0.3) is 0 Å². The quantitative estimate of drug-likeness (QED) is 0.774. The first kappa shape index (κ1) is 14.3. The summed E-state index contributed by atoms with van der Waals surface area (Å²) >= 11 is 6.83. The van der Waals surface area contributed by atoms with E-state index in [1.54, 1.807) is 6.20 Å². The fraction of sp³-hybridized carbons (Fsp3) is 0.214. The van der Waals surface area contributed by atoms with Crippen LogP contribution in [-0.4, -0.2) is 18.1 Å². The van der Waals surface area contributed by atoms with Crippen molar-refractivity contribution in [2.75, 3.05) is 18.5 Å². The van der Waals surface area contributed by atoms with Gasteiger partial charge in [-0.1, -0.05) is 12.1 Å². The average molecular weight is 386 g/mol. The lowest BCUT2D eigenvalue weighted by atomic mass is 10.2. The molecule has 0 bridgehead atoms. The summed E-state index contributed by atoms with van der Waals surface area (Å²) < 4.78 is 7.53. The van der Waals surface area contributed by atoms with Crippen molar-refractivity contribution in [1.82, 2.24) is 4.98 Å². The average Bonchev–Trinajstić information content (AvgIpc) is 2.37. The number of benzene rings is 1. The Bertz CT molecular complexity index is 561. The largest absolute Gasteiger partial charge is 0.492 e. The normalized spacial score (nSPS) is 10.3. The summed E-state index contributed by atoms with van der Waals surface area (Å²) in [6.45, 7) is 3.34. The maximum atomic E-state index is 5.66. The molecule has 0 aliphatic rings. The molecule has 0 aliphatic carbocycles. The number of aryl methyl sites for hydroxylation is 1. The van der Waals surface area contributed by atoms with Crippen molar-refractivity contribution < 1.29 is 4.74 Å². The standard InChI is InChI=1S/C14H14Br2N2O/c1-10-3-2-4-12(7-10)19-6-5-17-14-13(16)8-11(15)9-18-14/h2-4,7-9H,5-6H2,1H3,(H,17,18). The Morgan fingerprint density at radius 1 is 1.26 bits per heavy atom. The molecule has 2 rings (SSSR count). The first-order valence-electron chi connectivity index (χ1n) is 5.89. The molecule has 5 heteroatoms. The van der Waals surface area contributed by atoms with E-state index < -0.39 is 0 Å². The first-order valence-corrected chi connectivity index (χ1v) is 7.48. The molecule has 1 N–H and O–H groups in total. The second-order valence-electron chi connectivity index (χ2n) is 4.08. The summed E-state index contributed by atoms with van der Waals surface area (Å²) in [5.74, 6) is 1.71. The Hall–Kier alpha value is -1.07. The lowest BCUT2D eigenvalue weighted by molar-refractivity contribution is 0.332. The van der Waals surface area contributed by atoms with Gasteiger partial charge in [0.2, 0.25) is 0 Å². The zero-order chi connectivity index (χ0) is 13.7. The number of pyridine rings is 1. The van der Waals surface area contributed by atoms with Crippen LogP contribution in [0, 0.1) is 6.92 Å². The SMILES string of the molecule is Cc1cccc(OCCNc2ncc(Br)cc2Br)c1. The molecule has 0 spiro atoms. The van der Waals surface area contributed by atoms with E-state index in [0.29, 0.717) is 13.2 Å². The van der Waals surface area contributed by atoms with Gasteiger partial charge in [0.15, 0.2) is 0 Å². The van der Waals surface area contributed by atoms with E-state index in [2.05, 4.69) is 42.2 Å². The minimum Gasteiger partial charge on any atom is -0.492 e. The van der Waals surface area contributed by atoms with Crippen molar-refractivity contribution in [2.45, 2.75) is 6.92 Å². The van der Waals surface area contributed by atoms with Crippen LogP contribution in [0.4, 0.5) is 5.82 Å². The second kappa shape index (κ2) is 6.91. The molecule has 0 unspecified atom stereocenters. The zero-order valence-corrected chi connectivity index (χ0v) is 13.7. The van der Waals surface area contributed by atoms with Crippen molar-refractivity contribution in [1.29, 1.82) is 0 Å². The predicted molar refractivity (Wildman–Crippen MR) is 84.8 cm³/mol. The minimum absolute atomic E-state index is 0.591. The lowest BCUT2D eigenvalue weighted by Crippen LogP contribution is -2.12. The van der Waals surface area contributed by atoms with Gasteiger partial charge in [-0.05, 0) is 62.5 Å². The fourth-order valence-corrected chi connectivity index (χ4v) is 2.72. The Labute approximate surface area is 129 Å². The fourth-order valence-electron chi connectivity index (χ4n) is 1.59. The predicted octanol–water partition coefficient (Wildman–Crippen LogP) is 4.41. The van der Waals surface area contributed by atoms with E-state index in [9.17, 15) is 0 Å². The van der Waals surface area contributed by atoms with Crippen LogP contribution in [-0.2, 0) is 0 Å². The Morgan fingerprint density at radius 3 is 2.84 bits per heavy atom. The third kappa shape index (κ3) is 4.51. The van der Waals surface area contributed by atoms with Crippen LogP contribution < -0.4 is 10.1 Å². The topological polar surface area (TPSA) is 34.1 Å². The highest BCUT2D eigenvalue weighted by molar-refractivity contribution is 9.11. The van der Waals surface area contributed by atoms with Crippen molar-refractivity contribution >= 4 is 37.7 Å². The Kier molecular flexibility index (Phi) is 5.22. The van der Waals surface area contributed by atoms with Crippen molar-refractivity contribution in [3.63, 3.8) is 0 Å². The number of hydrogen-bond acceptors (Lipinski definition) is 3. The van der Waals surface area contributed by atoms with E-state index in [-0.39, 0.29) is 0 Å². The van der Waals surface area contributed by atoms with Gasteiger partial charge in [-0.25, -0.2) is 4.98 Å². The van der Waals surface area contributed by atoms with Crippen LogP contribution in [0.2, 0.25) is 0 Å². The highest BCUT2D eigenvalue weighted by atomic mass is 79.9. The summed E-state index contributed by atoms with van der Waals surface area (Å²) in [7, 11) is 0. The molecule has 0 atom stereocenters. The monoisotopic (exact) mass is 384 g/mol. The second-order valence-corrected chi connectivity index (χ2v) is 5.85. The van der Waals surface area contributed by atoms with E-state index in [4.69, 9.17) is 4.74 Å². The summed E-state index contributed by atoms with van der Waals surface area (Å²) in [5, 5.41) is 3.22. The first-order chi connectivity index (χ1) is 9.15. The third-order valence-corrected chi connectivity index (χ3v) is 3.50. The number of anilines is 1. The van der Waals surface area contributed by atoms with E-state index in [1.807, 2.05) is 37.3 Å². The summed E-state index contributed by atoms with van der Waals surface area (Å²) in [4.78, 5) is 4.28. The molecule has 2 aromatic rings. The van der Waals surface area contributed by atoms with Gasteiger partial charge in [0, 0.05) is 10.7 Å². The smallest absolute Gasteiger partial charge is 0.140 e. The number of rotatable bonds is 5. The van der Waals surface area contributed by atoms with Crippen molar-refractivity contribution in [2.24, 2.45) is 0 Å². The molecule has 1 aromatic carbocycles. The van der Waals surface area contributed by atoms with Crippen LogP contribution in [0.1, 0.15) is 5.56 Å². The molecule has 3 nitrogen and oxygen atoms in total. The van der Waals surface area contributed by atoms with Gasteiger partial charge in [0.1, 0.15) is 18.2 Å². The maximum absolute atomic E-state index is 5.66. The number of nitrogens with zero attached hydrogens (tertiary/aromatic N) is 1. The molecule has 1 heterocycles. The summed E-state index contributed by atoms with van der Waals surface area (Å²) in [6.07, 6.45) is 1.76. The number of nitrogens with one attached hydrogen (secondary N) is 1. The molecule has 19 heavy (non-hydrogen) atoms. The van der Waals surface area contributed by atoms with E-state index >= 15 is 0 Å². The molecule has 0 saturated heterocycles. The van der Waals surface area contributed by atoms with Gasteiger partial charge >= 0.3 is 0 Å². The van der Waals surface area contributed by atoms with Gasteiger partial charge in [-0.3, -0.25) is 0 Å². The molecule has 100 valence electrons. The van der Waals surface area contributed by atoms with Crippen LogP contribution >= 0.6 is 31.9 Å². The lowest BCUT2D eigenvalue weighted by Gasteiger charge is -2.09. The highest BCUT2D eigenvalue weighted by Crippen LogP contribution is 2.23. The molecule has 0 amide bonds. The summed E-state index contributed by atoms with van der Waals surface area (Å²) in [6, 6.07) is 9.98. The Balaban J connectivity index is 1.81.